The number of thioether (sulfide) groups is 1. The van der Waals surface area contributed by atoms with Crippen LogP contribution in [-0.4, -0.2) is 37.8 Å². The molecule has 7 heteroatoms. The molecular formula is C21H26N2O4S. The van der Waals surface area contributed by atoms with Gasteiger partial charge < -0.3 is 20.1 Å². The van der Waals surface area contributed by atoms with Gasteiger partial charge in [0.05, 0.1) is 31.2 Å². The van der Waals surface area contributed by atoms with E-state index in [1.54, 1.807) is 44.6 Å². The summed E-state index contributed by atoms with van der Waals surface area (Å²) in [4.78, 5) is 25.7. The highest BCUT2D eigenvalue weighted by molar-refractivity contribution is 8.00. The van der Waals surface area contributed by atoms with E-state index in [0.717, 1.165) is 11.3 Å². The van der Waals surface area contributed by atoms with Crippen LogP contribution in [0.2, 0.25) is 0 Å². The monoisotopic (exact) mass is 402 g/mol. The second-order valence-corrected chi connectivity index (χ2v) is 7.23. The largest absolute Gasteiger partial charge is 0.493 e. The van der Waals surface area contributed by atoms with Crippen LogP contribution >= 0.6 is 11.8 Å². The molecule has 0 spiro atoms. The van der Waals surface area contributed by atoms with Crippen LogP contribution in [0.3, 0.4) is 0 Å². The van der Waals surface area contributed by atoms with Gasteiger partial charge in [0.25, 0.3) is 5.91 Å². The Morgan fingerprint density at radius 2 is 1.79 bits per heavy atom. The number of carbonyl (C=O) groups is 2. The van der Waals surface area contributed by atoms with Crippen molar-refractivity contribution in [3.63, 3.8) is 0 Å². The van der Waals surface area contributed by atoms with Crippen LogP contribution in [0.1, 0.15) is 30.6 Å². The van der Waals surface area contributed by atoms with Crippen molar-refractivity contribution >= 4 is 29.3 Å². The number of para-hydroxylation sites is 1. The number of hydrogen-bond acceptors (Lipinski definition) is 5. The Hall–Kier alpha value is -2.67. The second kappa shape index (κ2) is 10.6. The molecule has 0 unspecified atom stereocenters. The van der Waals surface area contributed by atoms with E-state index in [0.29, 0.717) is 22.7 Å². The van der Waals surface area contributed by atoms with E-state index in [2.05, 4.69) is 10.6 Å². The molecular weight excluding hydrogens is 376 g/mol. The Labute approximate surface area is 170 Å². The van der Waals surface area contributed by atoms with Gasteiger partial charge in [-0.1, -0.05) is 19.1 Å². The fraction of sp³-hybridized carbons (Fsp3) is 0.333. The Morgan fingerprint density at radius 1 is 1.07 bits per heavy atom. The minimum atomic E-state index is -0.196. The molecule has 0 radical (unpaired) electrons. The fourth-order valence-electron chi connectivity index (χ4n) is 2.44. The molecule has 0 fully saturated rings. The second-order valence-electron chi connectivity index (χ2n) is 6.18. The van der Waals surface area contributed by atoms with Crippen molar-refractivity contribution in [2.75, 3.05) is 25.3 Å². The Bertz CT molecular complexity index is 826. The van der Waals surface area contributed by atoms with Crippen molar-refractivity contribution < 1.29 is 19.1 Å². The summed E-state index contributed by atoms with van der Waals surface area (Å²) in [6.45, 7) is 3.95. The summed E-state index contributed by atoms with van der Waals surface area (Å²) < 4.78 is 10.5. The molecule has 2 aromatic rings. The van der Waals surface area contributed by atoms with Crippen LogP contribution in [0.5, 0.6) is 11.5 Å². The molecule has 0 bridgehead atoms. The van der Waals surface area contributed by atoms with Crippen LogP contribution in [0.15, 0.2) is 47.4 Å². The van der Waals surface area contributed by atoms with Gasteiger partial charge in [-0.15, -0.1) is 11.8 Å². The minimum absolute atomic E-state index is 0.0665. The lowest BCUT2D eigenvalue weighted by Crippen LogP contribution is -2.32. The van der Waals surface area contributed by atoms with Crippen molar-refractivity contribution in [1.82, 2.24) is 5.32 Å². The third-order valence-corrected chi connectivity index (χ3v) is 5.15. The molecule has 0 aromatic heterocycles. The first kappa shape index (κ1) is 21.6. The molecule has 0 saturated carbocycles. The van der Waals surface area contributed by atoms with Crippen molar-refractivity contribution in [3.8, 4) is 11.5 Å². The first-order chi connectivity index (χ1) is 13.5. The summed E-state index contributed by atoms with van der Waals surface area (Å²) in [7, 11) is 3.15. The van der Waals surface area contributed by atoms with Crippen molar-refractivity contribution in [2.24, 2.45) is 0 Å². The molecule has 2 aromatic carbocycles. The fourth-order valence-corrected chi connectivity index (χ4v) is 3.16. The van der Waals surface area contributed by atoms with E-state index in [9.17, 15) is 9.59 Å². The number of methoxy groups -OCH3 is 2. The standard InChI is InChI=1S/C21H26N2O4S/c1-5-14(2)22-21(25)16-8-6-7-9-17(16)23-20(24)13-28-15-10-11-18(26-3)19(12-15)27-4/h6-12,14H,5,13H2,1-4H3,(H,22,25)(H,23,24)/t14-/m0/s1. The Morgan fingerprint density at radius 3 is 2.46 bits per heavy atom. The van der Waals surface area contributed by atoms with E-state index in [1.165, 1.54) is 11.8 Å². The van der Waals surface area contributed by atoms with E-state index < -0.39 is 0 Å². The summed E-state index contributed by atoms with van der Waals surface area (Å²) in [6, 6.07) is 12.6. The molecule has 2 amide bonds. The third-order valence-electron chi connectivity index (χ3n) is 4.16. The van der Waals surface area contributed by atoms with Gasteiger partial charge in [-0.25, -0.2) is 0 Å². The molecule has 1 atom stereocenters. The lowest BCUT2D eigenvalue weighted by molar-refractivity contribution is -0.113. The van der Waals surface area contributed by atoms with E-state index in [1.807, 2.05) is 26.0 Å². The number of benzene rings is 2. The summed E-state index contributed by atoms with van der Waals surface area (Å²) >= 11 is 1.38. The maximum Gasteiger partial charge on any atom is 0.253 e. The van der Waals surface area contributed by atoms with Gasteiger partial charge in [0.15, 0.2) is 11.5 Å². The van der Waals surface area contributed by atoms with Crippen LogP contribution in [0.25, 0.3) is 0 Å². The Kier molecular flexibility index (Phi) is 8.19. The molecule has 0 saturated heterocycles. The molecule has 0 aliphatic rings. The van der Waals surface area contributed by atoms with E-state index in [-0.39, 0.29) is 23.6 Å². The number of nitrogens with one attached hydrogen (secondary N) is 2. The van der Waals surface area contributed by atoms with Gasteiger partial charge in [-0.2, -0.15) is 0 Å². The van der Waals surface area contributed by atoms with Gasteiger partial charge in [0, 0.05) is 10.9 Å². The first-order valence-corrected chi connectivity index (χ1v) is 10.0. The quantitative estimate of drug-likeness (QED) is 0.621. The van der Waals surface area contributed by atoms with Crippen molar-refractivity contribution in [2.45, 2.75) is 31.2 Å². The van der Waals surface area contributed by atoms with Crippen LogP contribution in [-0.2, 0) is 4.79 Å². The van der Waals surface area contributed by atoms with Crippen LogP contribution in [0.4, 0.5) is 5.69 Å². The van der Waals surface area contributed by atoms with Gasteiger partial charge in [0.2, 0.25) is 5.91 Å². The highest BCUT2D eigenvalue weighted by atomic mass is 32.2. The maximum absolute atomic E-state index is 12.4. The van der Waals surface area contributed by atoms with E-state index in [4.69, 9.17) is 9.47 Å². The molecule has 0 heterocycles. The summed E-state index contributed by atoms with van der Waals surface area (Å²) in [5.74, 6) is 1.07. The van der Waals surface area contributed by atoms with E-state index >= 15 is 0 Å². The number of hydrogen-bond donors (Lipinski definition) is 2. The molecule has 28 heavy (non-hydrogen) atoms. The van der Waals surface area contributed by atoms with Crippen LogP contribution in [0, 0.1) is 0 Å². The Balaban J connectivity index is 2.01. The molecule has 0 aliphatic carbocycles. The average molecular weight is 403 g/mol. The van der Waals surface area contributed by atoms with Gasteiger partial charge in [0.1, 0.15) is 0 Å². The first-order valence-electron chi connectivity index (χ1n) is 9.03. The van der Waals surface area contributed by atoms with Gasteiger partial charge >= 0.3 is 0 Å². The van der Waals surface area contributed by atoms with Crippen molar-refractivity contribution in [3.05, 3.63) is 48.0 Å². The molecule has 0 aliphatic heterocycles. The number of anilines is 1. The SMILES string of the molecule is CC[C@H](C)NC(=O)c1ccccc1NC(=O)CSc1ccc(OC)c(OC)c1. The lowest BCUT2D eigenvalue weighted by Gasteiger charge is -2.14. The predicted molar refractivity (Wildman–Crippen MR) is 113 cm³/mol. The zero-order chi connectivity index (χ0) is 20.5. The molecule has 6 nitrogen and oxygen atoms in total. The molecule has 150 valence electrons. The number of rotatable bonds is 9. The van der Waals surface area contributed by atoms with Gasteiger partial charge in [-0.3, -0.25) is 9.59 Å². The van der Waals surface area contributed by atoms with Gasteiger partial charge in [-0.05, 0) is 43.7 Å². The maximum atomic E-state index is 12.4. The molecule has 2 rings (SSSR count). The average Bonchev–Trinajstić information content (AvgIpc) is 2.72. The number of ether oxygens (including phenoxy) is 2. The van der Waals surface area contributed by atoms with Crippen molar-refractivity contribution in [1.29, 1.82) is 0 Å². The smallest absolute Gasteiger partial charge is 0.253 e. The minimum Gasteiger partial charge on any atom is -0.493 e. The zero-order valence-electron chi connectivity index (χ0n) is 16.6. The number of carbonyl (C=O) groups excluding carboxylic acids is 2. The topological polar surface area (TPSA) is 76.7 Å². The highest BCUT2D eigenvalue weighted by Gasteiger charge is 2.15. The normalized spacial score (nSPS) is 11.4. The summed E-state index contributed by atoms with van der Waals surface area (Å²) in [5, 5.41) is 5.75. The lowest BCUT2D eigenvalue weighted by atomic mass is 10.1. The third kappa shape index (κ3) is 5.92. The zero-order valence-corrected chi connectivity index (χ0v) is 17.4. The summed E-state index contributed by atoms with van der Waals surface area (Å²) in [6.07, 6.45) is 0.836. The summed E-state index contributed by atoms with van der Waals surface area (Å²) in [5.41, 5.74) is 0.952. The molecule has 2 N–H and O–H groups in total. The highest BCUT2D eigenvalue weighted by Crippen LogP contribution is 2.31. The number of amides is 2. The predicted octanol–water partition coefficient (Wildman–Crippen LogP) is 3.96. The van der Waals surface area contributed by atoms with Crippen LogP contribution < -0.4 is 20.1 Å².